The summed E-state index contributed by atoms with van der Waals surface area (Å²) in [7, 11) is 0. The lowest BCUT2D eigenvalue weighted by Crippen LogP contribution is -2.01. The molecule has 5 rings (SSSR count). The SMILES string of the molecule is NCc1ccc(-c2ncc(OCc3ccc(N)cc3)nc2-c2ccc(-c3ccoc3)cc2)cc1. The first kappa shape index (κ1) is 21.4. The summed E-state index contributed by atoms with van der Waals surface area (Å²) in [6.07, 6.45) is 5.05. The number of ether oxygens (including phenoxy) is 1. The van der Waals surface area contributed by atoms with Gasteiger partial charge < -0.3 is 20.6 Å². The molecule has 168 valence electrons. The number of rotatable bonds is 7. The van der Waals surface area contributed by atoms with E-state index < -0.39 is 0 Å². The van der Waals surface area contributed by atoms with E-state index >= 15 is 0 Å². The number of hydrogen-bond donors (Lipinski definition) is 2. The van der Waals surface area contributed by atoms with Crippen LogP contribution in [0.25, 0.3) is 33.6 Å². The molecule has 0 bridgehead atoms. The first-order valence-electron chi connectivity index (χ1n) is 11.0. The van der Waals surface area contributed by atoms with Crippen LogP contribution in [0.5, 0.6) is 5.88 Å². The van der Waals surface area contributed by atoms with Gasteiger partial charge in [0.15, 0.2) is 0 Å². The lowest BCUT2D eigenvalue weighted by atomic mass is 10.0. The average molecular weight is 449 g/mol. The lowest BCUT2D eigenvalue weighted by Gasteiger charge is -2.12. The topological polar surface area (TPSA) is 100 Å². The van der Waals surface area contributed by atoms with Gasteiger partial charge in [0.1, 0.15) is 12.3 Å². The molecule has 2 heterocycles. The lowest BCUT2D eigenvalue weighted by molar-refractivity contribution is 0.293. The van der Waals surface area contributed by atoms with Crippen LogP contribution in [0.15, 0.2) is 102 Å². The van der Waals surface area contributed by atoms with Crippen LogP contribution in [0.1, 0.15) is 11.1 Å². The van der Waals surface area contributed by atoms with Crippen LogP contribution in [0, 0.1) is 0 Å². The fourth-order valence-electron chi connectivity index (χ4n) is 3.67. The highest BCUT2D eigenvalue weighted by molar-refractivity contribution is 5.79. The first-order chi connectivity index (χ1) is 16.7. The van der Waals surface area contributed by atoms with Crippen LogP contribution >= 0.6 is 0 Å². The average Bonchev–Trinajstić information content (AvgIpc) is 3.44. The van der Waals surface area contributed by atoms with Gasteiger partial charge >= 0.3 is 0 Å². The monoisotopic (exact) mass is 448 g/mol. The van der Waals surface area contributed by atoms with Gasteiger partial charge in [0.2, 0.25) is 5.88 Å². The number of nitrogens with zero attached hydrogens (tertiary/aromatic N) is 2. The zero-order chi connectivity index (χ0) is 23.3. The largest absolute Gasteiger partial charge is 0.472 e. The number of furan rings is 1. The Morgan fingerprint density at radius 3 is 2.03 bits per heavy atom. The number of aromatic nitrogens is 2. The maximum Gasteiger partial charge on any atom is 0.233 e. The second-order valence-electron chi connectivity index (χ2n) is 7.93. The van der Waals surface area contributed by atoms with Crippen molar-refractivity contribution in [2.45, 2.75) is 13.2 Å². The van der Waals surface area contributed by atoms with Gasteiger partial charge in [-0.25, -0.2) is 9.97 Å². The Balaban J connectivity index is 1.49. The molecule has 0 radical (unpaired) electrons. The summed E-state index contributed by atoms with van der Waals surface area (Å²) >= 11 is 0. The molecule has 34 heavy (non-hydrogen) atoms. The minimum absolute atomic E-state index is 0.373. The fourth-order valence-corrected chi connectivity index (χ4v) is 3.67. The van der Waals surface area contributed by atoms with E-state index in [2.05, 4.69) is 0 Å². The van der Waals surface area contributed by atoms with Crippen molar-refractivity contribution in [2.24, 2.45) is 5.73 Å². The van der Waals surface area contributed by atoms with Crippen molar-refractivity contribution in [1.29, 1.82) is 0 Å². The molecule has 2 aromatic heterocycles. The molecule has 0 amide bonds. The molecule has 5 aromatic rings. The summed E-state index contributed by atoms with van der Waals surface area (Å²) in [5.41, 5.74) is 19.8. The Kier molecular flexibility index (Phi) is 6.05. The van der Waals surface area contributed by atoms with Crippen LogP contribution in [0.2, 0.25) is 0 Å². The second-order valence-corrected chi connectivity index (χ2v) is 7.93. The number of benzene rings is 3. The maximum absolute atomic E-state index is 5.96. The minimum Gasteiger partial charge on any atom is -0.472 e. The van der Waals surface area contributed by atoms with E-state index in [0.29, 0.717) is 19.0 Å². The number of nitrogen functional groups attached to an aromatic ring is 1. The molecule has 0 fully saturated rings. The predicted octanol–water partition coefficient (Wildman–Crippen LogP) is 5.69. The molecule has 6 heteroatoms. The Morgan fingerprint density at radius 2 is 1.35 bits per heavy atom. The van der Waals surface area contributed by atoms with E-state index in [9.17, 15) is 0 Å². The molecule has 0 spiro atoms. The smallest absolute Gasteiger partial charge is 0.233 e. The highest BCUT2D eigenvalue weighted by Crippen LogP contribution is 2.32. The van der Waals surface area contributed by atoms with E-state index in [1.807, 2.05) is 78.9 Å². The fraction of sp³-hybridized carbons (Fsp3) is 0.0714. The Morgan fingerprint density at radius 1 is 0.706 bits per heavy atom. The summed E-state index contributed by atoms with van der Waals surface area (Å²) in [5.74, 6) is 0.452. The molecular formula is C28H24N4O2. The van der Waals surface area contributed by atoms with Crippen molar-refractivity contribution in [3.63, 3.8) is 0 Å². The molecule has 3 aromatic carbocycles. The predicted molar refractivity (Wildman–Crippen MR) is 134 cm³/mol. The van der Waals surface area contributed by atoms with Gasteiger partial charge in [-0.05, 0) is 34.9 Å². The Bertz CT molecular complexity index is 1360. The summed E-state index contributed by atoms with van der Waals surface area (Å²) < 4.78 is 11.2. The van der Waals surface area contributed by atoms with Crippen molar-refractivity contribution in [2.75, 3.05) is 5.73 Å². The van der Waals surface area contributed by atoms with Crippen molar-refractivity contribution in [3.8, 4) is 39.5 Å². The highest BCUT2D eigenvalue weighted by Gasteiger charge is 2.14. The third kappa shape index (κ3) is 4.67. The van der Waals surface area contributed by atoms with Gasteiger partial charge in [0.05, 0.1) is 24.4 Å². The Labute approximate surface area is 197 Å². The summed E-state index contributed by atoms with van der Waals surface area (Å²) in [4.78, 5) is 9.56. The van der Waals surface area contributed by atoms with Gasteiger partial charge in [-0.3, -0.25) is 0 Å². The molecule has 0 aliphatic heterocycles. The summed E-state index contributed by atoms with van der Waals surface area (Å²) in [5, 5.41) is 0. The van der Waals surface area contributed by atoms with Crippen molar-refractivity contribution < 1.29 is 9.15 Å². The summed E-state index contributed by atoms with van der Waals surface area (Å²) in [6.45, 7) is 0.866. The molecule has 4 N–H and O–H groups in total. The van der Waals surface area contributed by atoms with Gasteiger partial charge in [-0.2, -0.15) is 0 Å². The highest BCUT2D eigenvalue weighted by atomic mass is 16.5. The van der Waals surface area contributed by atoms with Gasteiger partial charge in [0.25, 0.3) is 0 Å². The maximum atomic E-state index is 5.96. The van der Waals surface area contributed by atoms with Gasteiger partial charge in [0, 0.05) is 28.9 Å². The summed E-state index contributed by atoms with van der Waals surface area (Å²) in [6, 6.07) is 25.7. The minimum atomic E-state index is 0.373. The zero-order valence-corrected chi connectivity index (χ0v) is 18.5. The van der Waals surface area contributed by atoms with Gasteiger partial charge in [-0.15, -0.1) is 0 Å². The number of nitrogens with two attached hydrogens (primary N) is 2. The normalized spacial score (nSPS) is 10.9. The molecule has 6 nitrogen and oxygen atoms in total. The zero-order valence-electron chi connectivity index (χ0n) is 18.5. The Hall–Kier alpha value is -4.42. The van der Waals surface area contributed by atoms with Crippen LogP contribution < -0.4 is 16.2 Å². The molecule has 0 aliphatic carbocycles. The van der Waals surface area contributed by atoms with E-state index in [1.54, 1.807) is 18.7 Å². The van der Waals surface area contributed by atoms with Crippen molar-refractivity contribution in [1.82, 2.24) is 9.97 Å². The first-order valence-corrected chi connectivity index (χ1v) is 11.0. The molecule has 0 saturated heterocycles. The van der Waals surface area contributed by atoms with Crippen LogP contribution in [0.4, 0.5) is 5.69 Å². The van der Waals surface area contributed by atoms with Crippen LogP contribution in [-0.4, -0.2) is 9.97 Å². The number of hydrogen-bond acceptors (Lipinski definition) is 6. The van der Waals surface area contributed by atoms with Crippen LogP contribution in [-0.2, 0) is 13.2 Å². The molecule has 0 saturated carbocycles. The molecule has 0 aliphatic rings. The second kappa shape index (κ2) is 9.60. The van der Waals surface area contributed by atoms with E-state index in [1.165, 1.54) is 0 Å². The van der Waals surface area contributed by atoms with E-state index in [-0.39, 0.29) is 0 Å². The van der Waals surface area contributed by atoms with E-state index in [4.69, 9.17) is 30.6 Å². The van der Waals surface area contributed by atoms with Gasteiger partial charge in [-0.1, -0.05) is 60.7 Å². The van der Waals surface area contributed by atoms with E-state index in [0.717, 1.165) is 50.5 Å². The van der Waals surface area contributed by atoms with Crippen molar-refractivity contribution in [3.05, 3.63) is 109 Å². The quantitative estimate of drug-likeness (QED) is 0.310. The standard InChI is InChI=1S/C28H24N4O2/c29-15-19-1-5-22(6-2-19)27-28(23-9-7-21(8-10-23)24-13-14-33-18-24)32-26(16-31-27)34-17-20-3-11-25(30)12-4-20/h1-14,16,18H,15,17,29-30H2. The molecule has 0 unspecified atom stereocenters. The third-order valence-electron chi connectivity index (χ3n) is 5.59. The molecular weight excluding hydrogens is 424 g/mol. The molecule has 0 atom stereocenters. The van der Waals surface area contributed by atoms with Crippen molar-refractivity contribution >= 4 is 5.69 Å². The van der Waals surface area contributed by atoms with Crippen LogP contribution in [0.3, 0.4) is 0 Å². The third-order valence-corrected chi connectivity index (χ3v) is 5.59. The number of anilines is 1.